The van der Waals surface area contributed by atoms with Crippen LogP contribution in [0.2, 0.25) is 0 Å². The number of rotatable bonds is 4. The minimum atomic E-state index is -4.20. The zero-order valence-corrected chi connectivity index (χ0v) is 13.6. The number of carbonyl (C=O) groups excluding carboxylic acids is 1. The summed E-state index contributed by atoms with van der Waals surface area (Å²) in [6.07, 6.45) is -0.198. The molecule has 2 aliphatic rings. The average molecular weight is 345 g/mol. The summed E-state index contributed by atoms with van der Waals surface area (Å²) < 4.78 is 39.0. The number of nitrogens with zero attached hydrogens (tertiary/aromatic N) is 4. The molecule has 2 heterocycles. The van der Waals surface area contributed by atoms with E-state index in [0.29, 0.717) is 11.7 Å². The molecule has 1 aliphatic heterocycles. The van der Waals surface area contributed by atoms with Crippen LogP contribution < -0.4 is 5.32 Å². The molecule has 0 unspecified atom stereocenters. The molecular weight excluding hydrogens is 323 g/mol. The second-order valence-corrected chi connectivity index (χ2v) is 6.55. The molecule has 0 radical (unpaired) electrons. The van der Waals surface area contributed by atoms with E-state index in [2.05, 4.69) is 17.3 Å². The molecule has 24 heavy (non-hydrogen) atoms. The number of hydrogen-bond acceptors (Lipinski definition) is 3. The van der Waals surface area contributed by atoms with Gasteiger partial charge in [-0.25, -0.2) is 9.48 Å². The lowest BCUT2D eigenvalue weighted by molar-refractivity contribution is -0.148. The smallest absolute Gasteiger partial charge is 0.322 e. The first kappa shape index (κ1) is 17.1. The Morgan fingerprint density at radius 1 is 1.33 bits per heavy atom. The second kappa shape index (κ2) is 6.62. The number of carbonyl (C=O) groups is 1. The maximum Gasteiger partial charge on any atom is 0.401 e. The highest BCUT2D eigenvalue weighted by Crippen LogP contribution is 2.40. The molecule has 1 aliphatic carbocycles. The van der Waals surface area contributed by atoms with E-state index in [9.17, 15) is 18.0 Å². The SMILES string of the molecule is C[C@H](C1CC1)n1nccc1NC(=O)N1CCN(CC(F)(F)F)CC1. The van der Waals surface area contributed by atoms with Gasteiger partial charge in [-0.1, -0.05) is 0 Å². The van der Waals surface area contributed by atoms with E-state index in [1.165, 1.54) is 17.7 Å². The zero-order valence-electron chi connectivity index (χ0n) is 13.6. The Hall–Kier alpha value is -1.77. The van der Waals surface area contributed by atoms with Crippen molar-refractivity contribution in [2.24, 2.45) is 5.92 Å². The summed E-state index contributed by atoms with van der Waals surface area (Å²) in [5.41, 5.74) is 0. The van der Waals surface area contributed by atoms with Crippen molar-refractivity contribution >= 4 is 11.8 Å². The zero-order chi connectivity index (χ0) is 17.3. The van der Waals surface area contributed by atoms with E-state index < -0.39 is 12.7 Å². The number of anilines is 1. The summed E-state index contributed by atoms with van der Waals surface area (Å²) in [5, 5.41) is 7.11. The Balaban J connectivity index is 1.52. The van der Waals surface area contributed by atoms with Crippen LogP contribution in [0, 0.1) is 5.92 Å². The topological polar surface area (TPSA) is 53.4 Å². The summed E-state index contributed by atoms with van der Waals surface area (Å²) in [4.78, 5) is 15.2. The lowest BCUT2D eigenvalue weighted by Crippen LogP contribution is -2.52. The Morgan fingerprint density at radius 3 is 2.58 bits per heavy atom. The molecule has 3 rings (SSSR count). The van der Waals surface area contributed by atoms with Crippen molar-refractivity contribution in [3.63, 3.8) is 0 Å². The molecular formula is C15H22F3N5O. The van der Waals surface area contributed by atoms with Crippen LogP contribution >= 0.6 is 0 Å². The molecule has 1 aromatic heterocycles. The highest BCUT2D eigenvalue weighted by atomic mass is 19.4. The molecule has 0 bridgehead atoms. The highest BCUT2D eigenvalue weighted by Gasteiger charge is 2.33. The van der Waals surface area contributed by atoms with Crippen LogP contribution in [0.5, 0.6) is 0 Å². The van der Waals surface area contributed by atoms with Gasteiger partial charge in [0, 0.05) is 32.2 Å². The number of nitrogens with one attached hydrogen (secondary N) is 1. The van der Waals surface area contributed by atoms with E-state index in [1.54, 1.807) is 17.2 Å². The maximum atomic E-state index is 12.4. The molecule has 1 atom stereocenters. The van der Waals surface area contributed by atoms with Crippen molar-refractivity contribution in [2.75, 3.05) is 38.0 Å². The molecule has 1 aromatic rings. The largest absolute Gasteiger partial charge is 0.401 e. The van der Waals surface area contributed by atoms with Gasteiger partial charge in [0.1, 0.15) is 5.82 Å². The van der Waals surface area contributed by atoms with Gasteiger partial charge in [-0.2, -0.15) is 18.3 Å². The number of urea groups is 1. The third kappa shape index (κ3) is 4.19. The number of hydrogen-bond donors (Lipinski definition) is 1. The minimum Gasteiger partial charge on any atom is -0.322 e. The van der Waals surface area contributed by atoms with Gasteiger partial charge >= 0.3 is 12.2 Å². The number of alkyl halides is 3. The monoisotopic (exact) mass is 345 g/mol. The van der Waals surface area contributed by atoms with Gasteiger partial charge < -0.3 is 4.90 Å². The summed E-state index contributed by atoms with van der Waals surface area (Å²) in [6.45, 7) is 2.18. The number of amides is 2. The standard InChI is InChI=1S/C15H22F3N5O/c1-11(12-2-3-12)23-13(4-5-19-23)20-14(24)22-8-6-21(7-9-22)10-15(16,17)18/h4-5,11-12H,2-3,6-10H2,1H3,(H,20,24)/t11-/m1/s1. The quantitative estimate of drug-likeness (QED) is 0.913. The Labute approximate surface area is 138 Å². The third-order valence-electron chi connectivity index (χ3n) is 4.66. The van der Waals surface area contributed by atoms with Crippen LogP contribution in [0.4, 0.5) is 23.8 Å². The summed E-state index contributed by atoms with van der Waals surface area (Å²) in [7, 11) is 0. The first-order valence-corrected chi connectivity index (χ1v) is 8.22. The maximum absolute atomic E-state index is 12.4. The predicted octanol–water partition coefficient (Wildman–Crippen LogP) is 2.57. The highest BCUT2D eigenvalue weighted by molar-refractivity contribution is 5.88. The molecule has 1 N–H and O–H groups in total. The van der Waals surface area contributed by atoms with E-state index in [0.717, 1.165) is 0 Å². The first-order valence-electron chi connectivity index (χ1n) is 8.22. The Bertz CT molecular complexity index is 576. The minimum absolute atomic E-state index is 0.227. The Kier molecular flexibility index (Phi) is 4.71. The van der Waals surface area contributed by atoms with Crippen LogP contribution in [0.1, 0.15) is 25.8 Å². The molecule has 0 spiro atoms. The predicted molar refractivity (Wildman–Crippen MR) is 82.7 cm³/mol. The van der Waals surface area contributed by atoms with Crippen molar-refractivity contribution in [1.82, 2.24) is 19.6 Å². The Morgan fingerprint density at radius 2 is 2.00 bits per heavy atom. The second-order valence-electron chi connectivity index (χ2n) is 6.55. The van der Waals surface area contributed by atoms with Gasteiger partial charge in [0.25, 0.3) is 0 Å². The van der Waals surface area contributed by atoms with Crippen LogP contribution in [0.25, 0.3) is 0 Å². The van der Waals surface area contributed by atoms with Crippen LogP contribution in [-0.2, 0) is 0 Å². The number of halogens is 3. The molecule has 6 nitrogen and oxygen atoms in total. The fraction of sp³-hybridized carbons (Fsp3) is 0.733. The van der Waals surface area contributed by atoms with Crippen molar-refractivity contribution in [1.29, 1.82) is 0 Å². The van der Waals surface area contributed by atoms with E-state index in [1.807, 2.05) is 4.68 Å². The van der Waals surface area contributed by atoms with Gasteiger partial charge in [0.2, 0.25) is 0 Å². The van der Waals surface area contributed by atoms with Crippen LogP contribution in [-0.4, -0.2) is 64.5 Å². The average Bonchev–Trinajstić information content (AvgIpc) is 3.26. The van der Waals surface area contributed by atoms with Crippen LogP contribution in [0.15, 0.2) is 12.3 Å². The molecule has 134 valence electrons. The molecule has 9 heteroatoms. The fourth-order valence-electron chi connectivity index (χ4n) is 3.07. The normalized spacial score (nSPS) is 20.9. The third-order valence-corrected chi connectivity index (χ3v) is 4.66. The van der Waals surface area contributed by atoms with Gasteiger partial charge in [-0.05, 0) is 25.7 Å². The summed E-state index contributed by atoms with van der Waals surface area (Å²) in [5.74, 6) is 1.24. The molecule has 2 amide bonds. The number of piperazine rings is 1. The van der Waals surface area contributed by atoms with Gasteiger partial charge in [0.15, 0.2) is 0 Å². The summed E-state index contributed by atoms with van der Waals surface area (Å²) >= 11 is 0. The van der Waals surface area contributed by atoms with Crippen molar-refractivity contribution in [2.45, 2.75) is 32.0 Å². The van der Waals surface area contributed by atoms with Gasteiger partial charge in [0.05, 0.1) is 18.8 Å². The van der Waals surface area contributed by atoms with Gasteiger partial charge in [-0.15, -0.1) is 0 Å². The molecule has 1 saturated carbocycles. The van der Waals surface area contributed by atoms with Crippen molar-refractivity contribution in [3.8, 4) is 0 Å². The molecule has 0 aromatic carbocycles. The fourth-order valence-corrected chi connectivity index (χ4v) is 3.07. The van der Waals surface area contributed by atoms with Crippen molar-refractivity contribution < 1.29 is 18.0 Å². The van der Waals surface area contributed by atoms with E-state index >= 15 is 0 Å². The molecule has 1 saturated heterocycles. The number of aromatic nitrogens is 2. The molecule has 2 fully saturated rings. The lowest BCUT2D eigenvalue weighted by atomic mass is 10.2. The van der Waals surface area contributed by atoms with E-state index in [4.69, 9.17) is 0 Å². The summed E-state index contributed by atoms with van der Waals surface area (Å²) in [6, 6.07) is 1.70. The van der Waals surface area contributed by atoms with Crippen molar-refractivity contribution in [3.05, 3.63) is 12.3 Å². The lowest BCUT2D eigenvalue weighted by Gasteiger charge is -2.35. The first-order chi connectivity index (χ1) is 11.3. The van der Waals surface area contributed by atoms with Gasteiger partial charge in [-0.3, -0.25) is 10.2 Å². The van der Waals surface area contributed by atoms with Crippen LogP contribution in [0.3, 0.4) is 0 Å². The van der Waals surface area contributed by atoms with E-state index in [-0.39, 0.29) is 38.3 Å².